The molecular weight excluding hydrogens is 460 g/mol. The number of carbonyl (C=O) groups excluding carboxylic acids is 2. The molecule has 0 saturated heterocycles. The molecule has 0 aromatic heterocycles. The number of thioether (sulfide) groups is 1. The summed E-state index contributed by atoms with van der Waals surface area (Å²) in [5.41, 5.74) is 1.79. The lowest BCUT2D eigenvalue weighted by molar-refractivity contribution is -0.115. The zero-order chi connectivity index (χ0) is 24.8. The van der Waals surface area contributed by atoms with Crippen molar-refractivity contribution in [1.82, 2.24) is 0 Å². The quantitative estimate of drug-likeness (QED) is 0.289. The highest BCUT2D eigenvalue weighted by Crippen LogP contribution is 2.31. The third-order valence-corrected chi connectivity index (χ3v) is 6.54. The SMILES string of the molecule is COc1ccc(OC)c(NC(=O)C(C)Sc2cccc(NC(=O)c3ccc4ccccc4c3)c2)c1. The minimum atomic E-state index is -0.391. The molecule has 0 bridgehead atoms. The van der Waals surface area contributed by atoms with Crippen molar-refractivity contribution in [3.63, 3.8) is 0 Å². The van der Waals surface area contributed by atoms with Gasteiger partial charge in [0.05, 0.1) is 25.2 Å². The average molecular weight is 487 g/mol. The maximum absolute atomic E-state index is 12.8. The lowest BCUT2D eigenvalue weighted by Crippen LogP contribution is -2.22. The summed E-state index contributed by atoms with van der Waals surface area (Å²) in [6.45, 7) is 1.83. The van der Waals surface area contributed by atoms with E-state index in [4.69, 9.17) is 9.47 Å². The summed E-state index contributed by atoms with van der Waals surface area (Å²) in [4.78, 5) is 26.5. The van der Waals surface area contributed by atoms with E-state index in [1.54, 1.807) is 32.4 Å². The van der Waals surface area contributed by atoms with Crippen LogP contribution in [0.1, 0.15) is 17.3 Å². The van der Waals surface area contributed by atoms with E-state index in [0.29, 0.717) is 28.4 Å². The van der Waals surface area contributed by atoms with E-state index < -0.39 is 5.25 Å². The van der Waals surface area contributed by atoms with E-state index in [-0.39, 0.29) is 11.8 Å². The molecule has 0 radical (unpaired) electrons. The third kappa shape index (κ3) is 5.94. The Balaban J connectivity index is 1.42. The van der Waals surface area contributed by atoms with Crippen molar-refractivity contribution < 1.29 is 19.1 Å². The second kappa shape index (κ2) is 11.0. The molecule has 0 spiro atoms. The maximum Gasteiger partial charge on any atom is 0.255 e. The Morgan fingerprint density at radius 1 is 0.800 bits per heavy atom. The number of ether oxygens (including phenoxy) is 2. The highest BCUT2D eigenvalue weighted by atomic mass is 32.2. The molecule has 7 heteroatoms. The largest absolute Gasteiger partial charge is 0.497 e. The van der Waals surface area contributed by atoms with Crippen LogP contribution in [-0.4, -0.2) is 31.3 Å². The standard InChI is InChI=1S/C28H26N2O4S/c1-18(27(31)30-25-17-23(33-2)13-14-26(25)34-3)35-24-10-6-9-22(16-24)29-28(32)21-12-11-19-7-4-5-8-20(19)15-21/h4-18H,1-3H3,(H,29,32)(H,30,31). The summed E-state index contributed by atoms with van der Waals surface area (Å²) in [5, 5.41) is 7.56. The number of nitrogens with one attached hydrogen (secondary N) is 2. The highest BCUT2D eigenvalue weighted by molar-refractivity contribution is 8.00. The second-order valence-corrected chi connectivity index (χ2v) is 9.27. The van der Waals surface area contributed by atoms with Gasteiger partial charge in [-0.25, -0.2) is 0 Å². The fraction of sp³-hybridized carbons (Fsp3) is 0.143. The summed E-state index contributed by atoms with van der Waals surface area (Å²) in [5.74, 6) is 0.812. The van der Waals surface area contributed by atoms with E-state index >= 15 is 0 Å². The van der Waals surface area contributed by atoms with Gasteiger partial charge in [-0.2, -0.15) is 0 Å². The molecule has 4 rings (SSSR count). The van der Waals surface area contributed by atoms with Gasteiger partial charge in [-0.15, -0.1) is 11.8 Å². The molecule has 0 aliphatic carbocycles. The topological polar surface area (TPSA) is 76.7 Å². The molecule has 1 unspecified atom stereocenters. The van der Waals surface area contributed by atoms with Crippen molar-refractivity contribution in [2.45, 2.75) is 17.1 Å². The summed E-state index contributed by atoms with van der Waals surface area (Å²) >= 11 is 1.40. The Bertz CT molecular complexity index is 1370. The van der Waals surface area contributed by atoms with Crippen LogP contribution in [0.3, 0.4) is 0 Å². The van der Waals surface area contributed by atoms with Gasteiger partial charge in [-0.05, 0) is 60.2 Å². The molecule has 0 heterocycles. The van der Waals surface area contributed by atoms with Crippen LogP contribution < -0.4 is 20.1 Å². The van der Waals surface area contributed by atoms with Crippen LogP contribution in [0.5, 0.6) is 11.5 Å². The summed E-state index contributed by atoms with van der Waals surface area (Å²) in [6.07, 6.45) is 0. The lowest BCUT2D eigenvalue weighted by Gasteiger charge is -2.15. The summed E-state index contributed by atoms with van der Waals surface area (Å²) in [6, 6.07) is 26.2. The zero-order valence-corrected chi connectivity index (χ0v) is 20.5. The molecule has 2 N–H and O–H groups in total. The number of methoxy groups -OCH3 is 2. The fourth-order valence-corrected chi connectivity index (χ4v) is 4.51. The highest BCUT2D eigenvalue weighted by Gasteiger charge is 2.17. The molecule has 4 aromatic rings. The van der Waals surface area contributed by atoms with Crippen molar-refractivity contribution in [3.8, 4) is 11.5 Å². The first kappa shape index (κ1) is 24.2. The number of fused-ring (bicyclic) bond motifs is 1. The van der Waals surface area contributed by atoms with Gasteiger partial charge in [0.25, 0.3) is 5.91 Å². The summed E-state index contributed by atoms with van der Waals surface area (Å²) in [7, 11) is 3.12. The first-order chi connectivity index (χ1) is 17.0. The second-order valence-electron chi connectivity index (χ2n) is 7.86. The molecule has 2 amide bonds. The molecule has 0 aliphatic rings. The van der Waals surface area contributed by atoms with Crippen LogP contribution in [0.4, 0.5) is 11.4 Å². The van der Waals surface area contributed by atoms with Crippen LogP contribution in [-0.2, 0) is 4.79 Å². The van der Waals surface area contributed by atoms with Crippen molar-refractivity contribution in [1.29, 1.82) is 0 Å². The van der Waals surface area contributed by atoms with E-state index in [0.717, 1.165) is 15.7 Å². The average Bonchev–Trinajstić information content (AvgIpc) is 2.88. The smallest absolute Gasteiger partial charge is 0.255 e. The van der Waals surface area contributed by atoms with Gasteiger partial charge in [0, 0.05) is 22.2 Å². The monoisotopic (exact) mass is 486 g/mol. The first-order valence-electron chi connectivity index (χ1n) is 11.1. The predicted molar refractivity (Wildman–Crippen MR) is 142 cm³/mol. The Morgan fingerprint density at radius 2 is 1.60 bits per heavy atom. The minimum absolute atomic E-state index is 0.174. The van der Waals surface area contributed by atoms with E-state index in [9.17, 15) is 9.59 Å². The van der Waals surface area contributed by atoms with Gasteiger partial charge in [0.1, 0.15) is 11.5 Å². The molecular formula is C28H26N2O4S. The summed E-state index contributed by atoms with van der Waals surface area (Å²) < 4.78 is 10.6. The number of amides is 2. The van der Waals surface area contributed by atoms with Gasteiger partial charge >= 0.3 is 0 Å². The number of hydrogen-bond donors (Lipinski definition) is 2. The molecule has 0 saturated carbocycles. The van der Waals surface area contributed by atoms with E-state index in [1.165, 1.54) is 11.8 Å². The normalized spacial score (nSPS) is 11.5. The number of carbonyl (C=O) groups is 2. The number of anilines is 2. The van der Waals surface area contributed by atoms with E-state index in [1.807, 2.05) is 73.7 Å². The molecule has 178 valence electrons. The van der Waals surface area contributed by atoms with Gasteiger partial charge in [0.2, 0.25) is 5.91 Å². The lowest BCUT2D eigenvalue weighted by atomic mass is 10.1. The predicted octanol–water partition coefficient (Wildman–Crippen LogP) is 6.23. The van der Waals surface area contributed by atoms with Gasteiger partial charge in [0.15, 0.2) is 0 Å². The third-order valence-electron chi connectivity index (χ3n) is 5.45. The fourth-order valence-electron chi connectivity index (χ4n) is 3.58. The molecule has 0 fully saturated rings. The molecule has 1 atom stereocenters. The van der Waals surface area contributed by atoms with Crippen molar-refractivity contribution in [2.24, 2.45) is 0 Å². The van der Waals surface area contributed by atoms with Crippen LogP contribution in [0, 0.1) is 0 Å². The van der Waals surface area contributed by atoms with Gasteiger partial charge < -0.3 is 20.1 Å². The number of hydrogen-bond acceptors (Lipinski definition) is 5. The van der Waals surface area contributed by atoms with Crippen LogP contribution in [0.2, 0.25) is 0 Å². The van der Waals surface area contributed by atoms with Crippen LogP contribution >= 0.6 is 11.8 Å². The number of rotatable bonds is 8. The van der Waals surface area contributed by atoms with Gasteiger partial charge in [-0.1, -0.05) is 36.4 Å². The maximum atomic E-state index is 12.8. The molecule has 4 aromatic carbocycles. The number of benzene rings is 4. The van der Waals surface area contributed by atoms with Gasteiger partial charge in [-0.3, -0.25) is 9.59 Å². The molecule has 6 nitrogen and oxygen atoms in total. The molecule has 0 aliphatic heterocycles. The molecule has 35 heavy (non-hydrogen) atoms. The van der Waals surface area contributed by atoms with Crippen LogP contribution in [0.25, 0.3) is 10.8 Å². The Morgan fingerprint density at radius 3 is 2.37 bits per heavy atom. The van der Waals surface area contributed by atoms with Crippen molar-refractivity contribution in [3.05, 3.63) is 90.5 Å². The Kier molecular flexibility index (Phi) is 7.57. The Labute approximate surface area is 208 Å². The van der Waals surface area contributed by atoms with Crippen molar-refractivity contribution in [2.75, 3.05) is 24.9 Å². The van der Waals surface area contributed by atoms with Crippen molar-refractivity contribution >= 4 is 45.7 Å². The van der Waals surface area contributed by atoms with Crippen LogP contribution in [0.15, 0.2) is 89.8 Å². The van der Waals surface area contributed by atoms with E-state index in [2.05, 4.69) is 10.6 Å². The zero-order valence-electron chi connectivity index (χ0n) is 19.7. The minimum Gasteiger partial charge on any atom is -0.497 e. The Hall–Kier alpha value is -3.97. The first-order valence-corrected chi connectivity index (χ1v) is 11.9.